The van der Waals surface area contributed by atoms with Crippen LogP contribution in [0, 0.1) is 15.5 Å². The molecule has 10 heteroatoms. The van der Waals surface area contributed by atoms with Crippen LogP contribution in [-0.4, -0.2) is 31.0 Å². The van der Waals surface area contributed by atoms with Gasteiger partial charge in [-0.05, 0) is 57.0 Å². The number of esters is 1. The minimum atomic E-state index is -5.05. The third-order valence-corrected chi connectivity index (χ3v) is 7.24. The van der Waals surface area contributed by atoms with E-state index >= 15 is 4.39 Å². The molecule has 31 heavy (non-hydrogen) atoms. The van der Waals surface area contributed by atoms with Gasteiger partial charge in [0.15, 0.2) is 0 Å². The Morgan fingerprint density at radius 1 is 1.13 bits per heavy atom. The van der Waals surface area contributed by atoms with Gasteiger partial charge in [0.05, 0.1) is 21.8 Å². The zero-order valence-electron chi connectivity index (χ0n) is 17.2. The summed E-state index contributed by atoms with van der Waals surface area (Å²) in [5, 5.41) is 8.03. The fourth-order valence-corrected chi connectivity index (χ4v) is 4.84. The molecule has 0 N–H and O–H groups in total. The Bertz CT molecular complexity index is 1040. The first-order valence-electron chi connectivity index (χ1n) is 9.37. The van der Waals surface area contributed by atoms with Gasteiger partial charge in [0, 0.05) is 4.47 Å². The summed E-state index contributed by atoms with van der Waals surface area (Å²) in [5.41, 5.74) is -0.743. The fraction of sp³-hybridized carbons (Fsp3) is 0.381. The first-order valence-corrected chi connectivity index (χ1v) is 11.6. The average molecular weight is 516 g/mol. The zero-order valence-corrected chi connectivity index (χ0v) is 19.7. The Balaban J connectivity index is 2.54. The number of nitro groups is 1. The number of carbonyl (C=O) groups is 1. The summed E-state index contributed by atoms with van der Waals surface area (Å²) in [6, 6.07) is 12.3. The third-order valence-electron chi connectivity index (χ3n) is 4.63. The van der Waals surface area contributed by atoms with Crippen molar-refractivity contribution in [3.63, 3.8) is 0 Å². The second kappa shape index (κ2) is 9.44. The summed E-state index contributed by atoms with van der Waals surface area (Å²) < 4.78 is 48.1. The van der Waals surface area contributed by atoms with Crippen LogP contribution in [0.15, 0.2) is 64.0 Å². The minimum absolute atomic E-state index is 0.0914. The monoisotopic (exact) mass is 515 g/mol. The highest BCUT2D eigenvalue weighted by Crippen LogP contribution is 2.43. The molecule has 0 spiro atoms. The SMILES string of the molecule is CC(C)(C)C(=O)OCC[C@@H](c1ccc(Br)cc1)[C@@](F)([N+](=O)[O-])S(=O)(=O)c1ccccc1. The lowest BCUT2D eigenvalue weighted by molar-refractivity contribution is -0.579. The lowest BCUT2D eigenvalue weighted by atomic mass is 9.94. The summed E-state index contributed by atoms with van der Waals surface area (Å²) in [5.74, 6) is -2.31. The van der Waals surface area contributed by atoms with Crippen LogP contribution in [0.25, 0.3) is 0 Å². The van der Waals surface area contributed by atoms with Crippen LogP contribution in [0.4, 0.5) is 4.39 Å². The molecule has 0 amide bonds. The molecule has 0 heterocycles. The number of benzene rings is 2. The van der Waals surface area contributed by atoms with Crippen molar-refractivity contribution in [3.8, 4) is 0 Å². The molecule has 7 nitrogen and oxygen atoms in total. The molecule has 168 valence electrons. The number of rotatable bonds is 8. The van der Waals surface area contributed by atoms with Crippen molar-refractivity contribution < 1.29 is 27.3 Å². The first-order chi connectivity index (χ1) is 14.3. The maximum absolute atomic E-state index is 16.1. The summed E-state index contributed by atoms with van der Waals surface area (Å²) in [4.78, 5) is 22.0. The molecule has 0 aliphatic carbocycles. The standard InChI is InChI=1S/C21H23BrFNO6S/c1-20(2,3)19(25)30-14-13-18(15-9-11-16(22)12-10-15)21(23,24(26)27)31(28,29)17-7-5-4-6-8-17/h4-12,18H,13-14H2,1-3H3/t18-,21+/m0/s1. The number of carbonyl (C=O) groups excluding carboxylic acids is 1. The second-order valence-electron chi connectivity index (χ2n) is 7.96. The van der Waals surface area contributed by atoms with Gasteiger partial charge in [-0.3, -0.25) is 14.9 Å². The molecule has 0 aliphatic heterocycles. The van der Waals surface area contributed by atoms with Crippen LogP contribution < -0.4 is 0 Å². The van der Waals surface area contributed by atoms with Gasteiger partial charge in [0.2, 0.25) is 0 Å². The van der Waals surface area contributed by atoms with E-state index in [0.29, 0.717) is 4.47 Å². The number of nitrogens with zero attached hydrogens (tertiary/aromatic N) is 1. The summed E-state index contributed by atoms with van der Waals surface area (Å²) >= 11 is 3.23. The average Bonchev–Trinajstić information content (AvgIpc) is 2.71. The quantitative estimate of drug-likeness (QED) is 0.214. The Morgan fingerprint density at radius 3 is 2.16 bits per heavy atom. The number of ether oxygens (including phenoxy) is 1. The molecule has 0 aromatic heterocycles. The Hall–Kier alpha value is -2.33. The highest BCUT2D eigenvalue weighted by molar-refractivity contribution is 9.10. The highest BCUT2D eigenvalue weighted by Gasteiger charge is 2.64. The van der Waals surface area contributed by atoms with E-state index in [-0.39, 0.29) is 12.2 Å². The van der Waals surface area contributed by atoms with E-state index in [4.69, 9.17) is 4.74 Å². The molecule has 0 fully saturated rings. The van der Waals surface area contributed by atoms with E-state index in [1.807, 2.05) is 0 Å². The zero-order chi connectivity index (χ0) is 23.4. The van der Waals surface area contributed by atoms with Gasteiger partial charge in [-0.2, -0.15) is 0 Å². The summed E-state index contributed by atoms with van der Waals surface area (Å²) in [7, 11) is -5.05. The maximum atomic E-state index is 16.1. The molecule has 0 saturated heterocycles. The molecule has 2 aromatic carbocycles. The molecular weight excluding hydrogens is 493 g/mol. The van der Waals surface area contributed by atoms with Crippen molar-refractivity contribution in [2.45, 2.75) is 43.1 Å². The normalized spacial score (nSPS) is 15.0. The van der Waals surface area contributed by atoms with Crippen molar-refractivity contribution in [2.24, 2.45) is 5.41 Å². The number of halogens is 2. The van der Waals surface area contributed by atoms with Crippen molar-refractivity contribution in [3.05, 3.63) is 74.7 Å². The molecule has 0 aliphatic rings. The topological polar surface area (TPSA) is 104 Å². The molecule has 0 unspecified atom stereocenters. The molecule has 0 bridgehead atoms. The summed E-state index contributed by atoms with van der Waals surface area (Å²) in [6.45, 7) is 4.48. The minimum Gasteiger partial charge on any atom is -0.465 e. The van der Waals surface area contributed by atoms with Gasteiger partial charge < -0.3 is 4.74 Å². The van der Waals surface area contributed by atoms with Crippen LogP contribution in [0.5, 0.6) is 0 Å². The third kappa shape index (κ3) is 5.30. The van der Waals surface area contributed by atoms with Gasteiger partial charge in [0.1, 0.15) is 5.92 Å². The second-order valence-corrected chi connectivity index (χ2v) is 10.9. The Kier molecular flexibility index (Phi) is 7.59. The largest absolute Gasteiger partial charge is 0.469 e. The van der Waals surface area contributed by atoms with Crippen LogP contribution in [0.3, 0.4) is 0 Å². The van der Waals surface area contributed by atoms with Gasteiger partial charge in [0.25, 0.3) is 9.84 Å². The van der Waals surface area contributed by atoms with Crippen LogP contribution in [0.1, 0.15) is 38.7 Å². The predicted octanol–water partition coefficient (Wildman–Crippen LogP) is 4.89. The van der Waals surface area contributed by atoms with Crippen molar-refractivity contribution in [2.75, 3.05) is 6.61 Å². The van der Waals surface area contributed by atoms with Gasteiger partial charge >= 0.3 is 11.1 Å². The van der Waals surface area contributed by atoms with Crippen LogP contribution in [-0.2, 0) is 19.4 Å². The van der Waals surface area contributed by atoms with Gasteiger partial charge in [-0.15, -0.1) is 4.39 Å². The number of alkyl halides is 1. The van der Waals surface area contributed by atoms with Crippen LogP contribution in [0.2, 0.25) is 0 Å². The molecule has 2 aromatic rings. The fourth-order valence-electron chi connectivity index (χ4n) is 2.91. The number of hydrogen-bond acceptors (Lipinski definition) is 6. The molecule has 2 atom stereocenters. The van der Waals surface area contributed by atoms with Crippen molar-refractivity contribution in [1.82, 2.24) is 0 Å². The molecule has 2 rings (SSSR count). The number of sulfone groups is 1. The van der Waals surface area contributed by atoms with E-state index in [1.54, 1.807) is 20.8 Å². The lowest BCUT2D eigenvalue weighted by Crippen LogP contribution is -2.47. The van der Waals surface area contributed by atoms with E-state index in [1.165, 1.54) is 42.5 Å². The Labute approximate surface area is 188 Å². The van der Waals surface area contributed by atoms with E-state index in [9.17, 15) is 23.3 Å². The molecule has 0 radical (unpaired) electrons. The van der Waals surface area contributed by atoms with E-state index in [0.717, 1.165) is 12.1 Å². The summed E-state index contributed by atoms with van der Waals surface area (Å²) in [6.07, 6.45) is -0.410. The molecular formula is C21H23BrFNO6S. The maximum Gasteiger partial charge on any atom is 0.469 e. The Morgan fingerprint density at radius 2 is 1.68 bits per heavy atom. The highest BCUT2D eigenvalue weighted by atomic mass is 79.9. The van der Waals surface area contributed by atoms with Crippen molar-refractivity contribution >= 4 is 31.7 Å². The van der Waals surface area contributed by atoms with Crippen LogP contribution >= 0.6 is 15.9 Å². The van der Waals surface area contributed by atoms with Gasteiger partial charge in [-0.25, -0.2) is 8.42 Å². The predicted molar refractivity (Wildman–Crippen MR) is 116 cm³/mol. The lowest BCUT2D eigenvalue weighted by Gasteiger charge is -2.27. The smallest absolute Gasteiger partial charge is 0.465 e. The van der Waals surface area contributed by atoms with E-state index < -0.39 is 48.5 Å². The van der Waals surface area contributed by atoms with Gasteiger partial charge in [-0.1, -0.05) is 46.3 Å². The van der Waals surface area contributed by atoms with E-state index in [2.05, 4.69) is 15.9 Å². The molecule has 0 saturated carbocycles. The number of hydrogen-bond donors (Lipinski definition) is 0. The van der Waals surface area contributed by atoms with Crippen molar-refractivity contribution in [1.29, 1.82) is 0 Å². The first kappa shape index (κ1) is 24.9.